The Bertz CT molecular complexity index is 241. The van der Waals surface area contributed by atoms with Crippen LogP contribution in [0.1, 0.15) is 12.8 Å². The normalized spacial score (nSPS) is 15.2. The molecule has 11 heteroatoms. The second-order valence-electron chi connectivity index (χ2n) is 2.93. The average Bonchev–Trinajstić information content (AvgIpc) is 2.10. The van der Waals surface area contributed by atoms with E-state index in [1.165, 1.54) is 0 Å². The Labute approximate surface area is 93.2 Å². The third kappa shape index (κ3) is 14.2. The average molecular weight is 280 g/mol. The van der Waals surface area contributed by atoms with Crippen molar-refractivity contribution in [2.75, 3.05) is 6.54 Å². The van der Waals surface area contributed by atoms with Crippen LogP contribution in [0, 0.1) is 0 Å². The largest absolute Gasteiger partial charge is 0.380 e. The predicted octanol–water partition coefficient (Wildman–Crippen LogP) is -2.09. The van der Waals surface area contributed by atoms with Gasteiger partial charge in [-0.15, -0.1) is 0 Å². The number of hydrogen-bond acceptors (Lipinski definition) is 5. The number of nitrogens with two attached hydrogens (primary N) is 2. The molecule has 0 bridgehead atoms. The lowest BCUT2D eigenvalue weighted by Gasteiger charge is -2.14. The van der Waals surface area contributed by atoms with Crippen LogP contribution in [-0.2, 0) is 9.13 Å². The lowest BCUT2D eigenvalue weighted by atomic mass is 10.2. The van der Waals surface area contributed by atoms with Gasteiger partial charge < -0.3 is 36.1 Å². The lowest BCUT2D eigenvalue weighted by molar-refractivity contribution is 0.189. The summed E-state index contributed by atoms with van der Waals surface area (Å²) in [5.41, 5.74) is 10.5. The second kappa shape index (κ2) is 9.23. The third-order valence-electron chi connectivity index (χ3n) is 1.49. The summed E-state index contributed by atoms with van der Waals surface area (Å²) in [4.78, 5) is 31.2. The number of rotatable bonds is 5. The molecule has 2 atom stereocenters. The summed E-state index contributed by atoms with van der Waals surface area (Å²) < 4.78 is 19.1. The maximum absolute atomic E-state index is 10.4. The first-order chi connectivity index (χ1) is 7.11. The van der Waals surface area contributed by atoms with Gasteiger partial charge in [0.15, 0.2) is 5.85 Å². The van der Waals surface area contributed by atoms with Gasteiger partial charge in [0.25, 0.3) is 0 Å². The SMILES string of the molecule is NCC(N)CCC(O)P(=O)(O)O.O=[PH](O)O. The zero-order valence-electron chi connectivity index (χ0n) is 8.43. The van der Waals surface area contributed by atoms with Crippen molar-refractivity contribution < 1.29 is 33.8 Å². The molecular weight excluding hydrogens is 262 g/mol. The van der Waals surface area contributed by atoms with E-state index in [9.17, 15) is 4.57 Å². The molecule has 2 unspecified atom stereocenters. The summed E-state index contributed by atoms with van der Waals surface area (Å²) in [7, 11) is -7.49. The zero-order chi connectivity index (χ0) is 13.4. The molecule has 0 fully saturated rings. The monoisotopic (exact) mass is 280 g/mol. The van der Waals surface area contributed by atoms with E-state index >= 15 is 0 Å². The standard InChI is InChI=1S/C5H15N2O4P.H3O3P/c6-3-4(7)1-2-5(8)12(9,10)11;1-4(2)3/h4-5,8H,1-3,6-7H2,(H2,9,10,11);4H,(H2,1,2,3). The summed E-state index contributed by atoms with van der Waals surface area (Å²) in [6.07, 6.45) is 0.283. The van der Waals surface area contributed by atoms with E-state index < -0.39 is 21.7 Å². The smallest absolute Gasteiger partial charge is 0.353 e. The minimum atomic E-state index is -4.36. The fraction of sp³-hybridized carbons (Fsp3) is 1.00. The van der Waals surface area contributed by atoms with E-state index in [0.717, 1.165) is 0 Å². The van der Waals surface area contributed by atoms with Crippen molar-refractivity contribution in [3.63, 3.8) is 0 Å². The molecule has 0 amide bonds. The summed E-state index contributed by atoms with van der Waals surface area (Å²) in [5, 5.41) is 8.87. The highest BCUT2D eigenvalue weighted by Gasteiger charge is 2.25. The van der Waals surface area contributed by atoms with Crippen LogP contribution in [0.3, 0.4) is 0 Å². The van der Waals surface area contributed by atoms with Crippen LogP contribution in [0.5, 0.6) is 0 Å². The van der Waals surface area contributed by atoms with Crippen molar-refractivity contribution in [3.8, 4) is 0 Å². The maximum Gasteiger partial charge on any atom is 0.353 e. The molecule has 0 heterocycles. The molecule has 9 N–H and O–H groups in total. The number of aliphatic hydroxyl groups is 1. The molecule has 9 nitrogen and oxygen atoms in total. The number of hydrogen-bond donors (Lipinski definition) is 7. The number of aliphatic hydroxyl groups excluding tert-OH is 1. The summed E-state index contributed by atoms with van der Waals surface area (Å²) in [6.45, 7) is 0.244. The van der Waals surface area contributed by atoms with Gasteiger partial charge in [-0.2, -0.15) is 0 Å². The van der Waals surface area contributed by atoms with Crippen molar-refractivity contribution >= 4 is 15.9 Å². The van der Waals surface area contributed by atoms with Crippen molar-refractivity contribution in [1.29, 1.82) is 0 Å². The highest BCUT2D eigenvalue weighted by atomic mass is 31.2. The van der Waals surface area contributed by atoms with Crippen molar-refractivity contribution in [1.82, 2.24) is 0 Å². The van der Waals surface area contributed by atoms with Gasteiger partial charge in [-0.1, -0.05) is 0 Å². The van der Waals surface area contributed by atoms with Crippen molar-refractivity contribution in [2.45, 2.75) is 24.7 Å². The van der Waals surface area contributed by atoms with E-state index in [0.29, 0.717) is 6.42 Å². The van der Waals surface area contributed by atoms with E-state index in [1.807, 2.05) is 0 Å². The molecule has 16 heavy (non-hydrogen) atoms. The van der Waals surface area contributed by atoms with E-state index in [1.54, 1.807) is 0 Å². The molecule has 0 aromatic rings. The van der Waals surface area contributed by atoms with Gasteiger partial charge in [0.2, 0.25) is 0 Å². The topological polar surface area (TPSA) is 187 Å². The van der Waals surface area contributed by atoms with Gasteiger partial charge in [0, 0.05) is 12.6 Å². The van der Waals surface area contributed by atoms with Crippen LogP contribution < -0.4 is 11.5 Å². The molecule has 0 rings (SSSR count). The molecule has 0 aliphatic carbocycles. The summed E-state index contributed by atoms with van der Waals surface area (Å²) in [6, 6.07) is -0.314. The molecule has 0 aromatic carbocycles. The van der Waals surface area contributed by atoms with Gasteiger partial charge in [0.05, 0.1) is 0 Å². The van der Waals surface area contributed by atoms with Gasteiger partial charge in [0.1, 0.15) is 0 Å². The molecule has 0 aromatic heterocycles. The van der Waals surface area contributed by atoms with Gasteiger partial charge in [-0.05, 0) is 12.8 Å². The Morgan fingerprint density at radius 2 is 1.62 bits per heavy atom. The van der Waals surface area contributed by atoms with Crippen molar-refractivity contribution in [2.24, 2.45) is 11.5 Å². The Balaban J connectivity index is 0. The minimum Gasteiger partial charge on any atom is -0.380 e. The first kappa shape index (κ1) is 18.5. The van der Waals surface area contributed by atoms with Crippen LogP contribution in [0.15, 0.2) is 0 Å². The van der Waals surface area contributed by atoms with Crippen LogP contribution in [0.2, 0.25) is 0 Å². The van der Waals surface area contributed by atoms with Crippen LogP contribution in [-0.4, -0.2) is 43.1 Å². The molecule has 0 aliphatic heterocycles. The van der Waals surface area contributed by atoms with Gasteiger partial charge in [-0.25, -0.2) is 0 Å². The predicted molar refractivity (Wildman–Crippen MR) is 57.8 cm³/mol. The van der Waals surface area contributed by atoms with E-state index in [4.69, 9.17) is 40.7 Å². The molecule has 0 saturated carbocycles. The summed E-state index contributed by atoms with van der Waals surface area (Å²) in [5.74, 6) is -1.62. The van der Waals surface area contributed by atoms with Crippen LogP contribution >= 0.6 is 15.9 Å². The maximum atomic E-state index is 10.4. The second-order valence-corrected chi connectivity index (χ2v) is 5.26. The van der Waals surface area contributed by atoms with Crippen LogP contribution in [0.25, 0.3) is 0 Å². The highest BCUT2D eigenvalue weighted by molar-refractivity contribution is 7.52. The first-order valence-corrected chi connectivity index (χ1v) is 7.20. The fourth-order valence-electron chi connectivity index (χ4n) is 0.649. The lowest BCUT2D eigenvalue weighted by Crippen LogP contribution is -2.30. The van der Waals surface area contributed by atoms with Crippen molar-refractivity contribution in [3.05, 3.63) is 0 Å². The molecular formula is C5H18N2O7P2. The van der Waals surface area contributed by atoms with E-state index in [-0.39, 0.29) is 19.0 Å². The first-order valence-electron chi connectivity index (χ1n) is 4.22. The molecule has 0 spiro atoms. The molecule has 100 valence electrons. The quantitative estimate of drug-likeness (QED) is 0.277. The Morgan fingerprint density at radius 1 is 1.25 bits per heavy atom. The fourth-order valence-corrected chi connectivity index (χ4v) is 1.13. The molecule has 0 aliphatic rings. The molecule has 0 radical (unpaired) electrons. The highest BCUT2D eigenvalue weighted by Crippen LogP contribution is 2.41. The zero-order valence-corrected chi connectivity index (χ0v) is 10.3. The van der Waals surface area contributed by atoms with Gasteiger partial charge in [-0.3, -0.25) is 9.13 Å². The van der Waals surface area contributed by atoms with Gasteiger partial charge >= 0.3 is 15.9 Å². The Morgan fingerprint density at radius 3 is 1.88 bits per heavy atom. The third-order valence-corrected chi connectivity index (χ3v) is 2.52. The Kier molecular flexibility index (Phi) is 10.7. The molecule has 0 saturated heterocycles. The van der Waals surface area contributed by atoms with E-state index in [2.05, 4.69) is 0 Å². The minimum absolute atomic E-state index is 0.0252. The van der Waals surface area contributed by atoms with Crippen LogP contribution in [0.4, 0.5) is 0 Å². The Hall–Kier alpha value is 0.180. The summed E-state index contributed by atoms with van der Waals surface area (Å²) >= 11 is 0.